The number of nitro benzene ring substituents is 1. The van der Waals surface area contributed by atoms with E-state index in [0.717, 1.165) is 12.1 Å². The molecule has 0 aliphatic rings. The standard InChI is InChI=1S/C34H43F2N7O8/c1-33(2,3)50-25(44)16-13-22(31(47)51-34(4,5)6)39-29(45)20-11-9-19(10-12-20)18-42(23-14-15-24(43(48)49)27(36)26(23)35)17-7-8-21-28(37)40-32(38)41-30(21)46/h9-12,14-15,22H,7-8,13,16-18H2,1-6H3,(H,39,45)(H5,37,38,40,41,46)/t22-/m0/s1. The zero-order chi connectivity index (χ0) is 38.3. The van der Waals surface area contributed by atoms with Gasteiger partial charge < -0.3 is 31.2 Å². The largest absolute Gasteiger partial charge is 0.460 e. The fraction of sp³-hybridized carbons (Fsp3) is 0.441. The number of rotatable bonds is 14. The summed E-state index contributed by atoms with van der Waals surface area (Å²) in [4.78, 5) is 68.6. The van der Waals surface area contributed by atoms with E-state index in [1.807, 2.05) is 0 Å². The van der Waals surface area contributed by atoms with Gasteiger partial charge in [-0.3, -0.25) is 29.5 Å². The minimum atomic E-state index is -1.64. The molecule has 0 aliphatic carbocycles. The van der Waals surface area contributed by atoms with Gasteiger partial charge in [-0.15, -0.1) is 0 Å². The lowest BCUT2D eigenvalue weighted by atomic mass is 10.1. The van der Waals surface area contributed by atoms with E-state index in [1.165, 1.54) is 17.0 Å². The molecule has 0 saturated heterocycles. The highest BCUT2D eigenvalue weighted by atomic mass is 19.2. The number of nitrogens with one attached hydrogen (secondary N) is 2. The lowest BCUT2D eigenvalue weighted by Crippen LogP contribution is -2.44. The maximum absolute atomic E-state index is 15.2. The fourth-order valence-electron chi connectivity index (χ4n) is 4.92. The molecule has 276 valence electrons. The number of nitrogens with two attached hydrogens (primary N) is 2. The second kappa shape index (κ2) is 16.4. The number of nitro groups is 1. The number of nitrogens with zero attached hydrogens (tertiary/aromatic N) is 3. The number of benzene rings is 2. The summed E-state index contributed by atoms with van der Waals surface area (Å²) in [6.45, 7) is 10.1. The molecule has 2 aromatic carbocycles. The van der Waals surface area contributed by atoms with E-state index in [1.54, 1.807) is 53.7 Å². The zero-order valence-corrected chi connectivity index (χ0v) is 29.3. The van der Waals surface area contributed by atoms with Crippen LogP contribution in [0.15, 0.2) is 41.2 Å². The number of carbonyl (C=O) groups is 3. The van der Waals surface area contributed by atoms with Crippen molar-refractivity contribution >= 4 is 41.0 Å². The minimum absolute atomic E-state index is 0.0366. The molecular formula is C34H43F2N7O8. The van der Waals surface area contributed by atoms with Crippen LogP contribution in [0.5, 0.6) is 0 Å². The number of H-pyrrole nitrogens is 1. The first-order valence-electron chi connectivity index (χ1n) is 16.0. The smallest absolute Gasteiger partial charge is 0.329 e. The highest BCUT2D eigenvalue weighted by molar-refractivity contribution is 5.97. The van der Waals surface area contributed by atoms with Crippen molar-refractivity contribution in [3.63, 3.8) is 0 Å². The molecule has 51 heavy (non-hydrogen) atoms. The molecule has 3 rings (SSSR count). The molecule has 0 fully saturated rings. The van der Waals surface area contributed by atoms with E-state index in [2.05, 4.69) is 15.3 Å². The number of aromatic amines is 1. The summed E-state index contributed by atoms with van der Waals surface area (Å²) < 4.78 is 40.7. The third kappa shape index (κ3) is 11.8. The Balaban J connectivity index is 1.82. The Kier molecular flexibility index (Phi) is 12.8. The van der Waals surface area contributed by atoms with Crippen molar-refractivity contribution in [3.05, 3.63) is 85.2 Å². The van der Waals surface area contributed by atoms with E-state index >= 15 is 4.39 Å². The van der Waals surface area contributed by atoms with Gasteiger partial charge in [0.15, 0.2) is 5.82 Å². The van der Waals surface area contributed by atoms with E-state index < -0.39 is 62.9 Å². The molecule has 0 unspecified atom stereocenters. The number of esters is 2. The summed E-state index contributed by atoms with van der Waals surface area (Å²) in [7, 11) is 0. The van der Waals surface area contributed by atoms with Crippen molar-refractivity contribution in [2.75, 3.05) is 22.9 Å². The summed E-state index contributed by atoms with van der Waals surface area (Å²) >= 11 is 0. The van der Waals surface area contributed by atoms with Gasteiger partial charge in [-0.05, 0) is 84.6 Å². The van der Waals surface area contributed by atoms with Crippen LogP contribution in [-0.2, 0) is 32.0 Å². The van der Waals surface area contributed by atoms with Crippen molar-refractivity contribution in [2.24, 2.45) is 0 Å². The highest BCUT2D eigenvalue weighted by Gasteiger charge is 2.29. The first-order chi connectivity index (χ1) is 23.6. The van der Waals surface area contributed by atoms with Gasteiger partial charge in [0.1, 0.15) is 23.1 Å². The maximum atomic E-state index is 15.2. The Morgan fingerprint density at radius 3 is 2.20 bits per heavy atom. The predicted molar refractivity (Wildman–Crippen MR) is 185 cm³/mol. The molecule has 1 atom stereocenters. The van der Waals surface area contributed by atoms with Crippen LogP contribution in [0, 0.1) is 21.7 Å². The molecule has 1 amide bonds. The molecule has 0 saturated carbocycles. The molecule has 0 radical (unpaired) electrons. The number of aromatic nitrogens is 2. The minimum Gasteiger partial charge on any atom is -0.460 e. The Labute approximate surface area is 292 Å². The van der Waals surface area contributed by atoms with Crippen LogP contribution in [0.2, 0.25) is 0 Å². The average molecular weight is 716 g/mol. The van der Waals surface area contributed by atoms with E-state index in [0.29, 0.717) is 5.56 Å². The van der Waals surface area contributed by atoms with Crippen LogP contribution in [0.3, 0.4) is 0 Å². The van der Waals surface area contributed by atoms with Crippen LogP contribution < -0.4 is 27.2 Å². The number of halogens is 2. The maximum Gasteiger partial charge on any atom is 0.329 e. The van der Waals surface area contributed by atoms with Gasteiger partial charge >= 0.3 is 17.6 Å². The first kappa shape index (κ1) is 39.8. The van der Waals surface area contributed by atoms with Crippen LogP contribution in [0.1, 0.15) is 82.3 Å². The number of nitrogen functional groups attached to an aromatic ring is 2. The van der Waals surface area contributed by atoms with Gasteiger partial charge in [-0.25, -0.2) is 9.18 Å². The quantitative estimate of drug-likeness (QED) is 0.104. The van der Waals surface area contributed by atoms with E-state index in [4.69, 9.17) is 20.9 Å². The summed E-state index contributed by atoms with van der Waals surface area (Å²) in [5, 5.41) is 13.8. The molecule has 1 aromatic heterocycles. The molecule has 0 spiro atoms. The second-order valence-corrected chi connectivity index (χ2v) is 13.7. The van der Waals surface area contributed by atoms with Gasteiger partial charge in [-0.2, -0.15) is 9.37 Å². The first-order valence-corrected chi connectivity index (χ1v) is 16.0. The lowest BCUT2D eigenvalue weighted by molar-refractivity contribution is -0.387. The predicted octanol–water partition coefficient (Wildman–Crippen LogP) is 4.32. The molecule has 6 N–H and O–H groups in total. The number of hydrogen-bond donors (Lipinski definition) is 4. The number of anilines is 3. The number of hydrogen-bond acceptors (Lipinski definition) is 12. The van der Waals surface area contributed by atoms with Crippen molar-refractivity contribution in [1.29, 1.82) is 0 Å². The van der Waals surface area contributed by atoms with Gasteiger partial charge in [0.25, 0.3) is 11.5 Å². The Bertz CT molecular complexity index is 1820. The third-order valence-corrected chi connectivity index (χ3v) is 7.14. The fourth-order valence-corrected chi connectivity index (χ4v) is 4.92. The van der Waals surface area contributed by atoms with Gasteiger partial charge in [0.05, 0.1) is 16.2 Å². The molecule has 0 aliphatic heterocycles. The summed E-state index contributed by atoms with van der Waals surface area (Å²) in [6, 6.07) is 6.78. The van der Waals surface area contributed by atoms with Crippen LogP contribution in [-0.4, -0.2) is 56.5 Å². The van der Waals surface area contributed by atoms with Gasteiger partial charge in [0, 0.05) is 31.1 Å². The SMILES string of the molecule is CC(C)(C)OC(=O)CC[C@H](NC(=O)c1ccc(CN(CCCc2c(N)nc(N)[nH]c2=O)c2ccc([N+](=O)[O-])c(F)c2F)cc1)C(=O)OC(C)(C)C. The number of carbonyl (C=O) groups excluding carboxylic acids is 3. The Morgan fingerprint density at radius 1 is 1.00 bits per heavy atom. The molecule has 15 nitrogen and oxygen atoms in total. The highest BCUT2D eigenvalue weighted by Crippen LogP contribution is 2.30. The molecule has 0 bridgehead atoms. The summed E-state index contributed by atoms with van der Waals surface area (Å²) in [5.74, 6) is -5.24. The summed E-state index contributed by atoms with van der Waals surface area (Å²) in [6.07, 6.45) is 0.0520. The monoisotopic (exact) mass is 715 g/mol. The zero-order valence-electron chi connectivity index (χ0n) is 29.3. The normalized spacial score (nSPS) is 12.2. The number of ether oxygens (including phenoxy) is 2. The number of amides is 1. The molecule has 17 heteroatoms. The topological polar surface area (TPSA) is 226 Å². The van der Waals surface area contributed by atoms with Crippen LogP contribution >= 0.6 is 0 Å². The molecule has 1 heterocycles. The van der Waals surface area contributed by atoms with Crippen molar-refractivity contribution < 1.29 is 37.6 Å². The van der Waals surface area contributed by atoms with Crippen LogP contribution in [0.4, 0.5) is 31.9 Å². The second-order valence-electron chi connectivity index (χ2n) is 13.7. The van der Waals surface area contributed by atoms with Crippen molar-refractivity contribution in [1.82, 2.24) is 15.3 Å². The van der Waals surface area contributed by atoms with E-state index in [9.17, 15) is 33.7 Å². The van der Waals surface area contributed by atoms with Gasteiger partial charge in [0.2, 0.25) is 11.8 Å². The van der Waals surface area contributed by atoms with Crippen molar-refractivity contribution in [3.8, 4) is 0 Å². The van der Waals surface area contributed by atoms with Crippen molar-refractivity contribution in [2.45, 2.75) is 91.0 Å². The van der Waals surface area contributed by atoms with Crippen LogP contribution in [0.25, 0.3) is 0 Å². The Hall–Kier alpha value is -5.61. The van der Waals surface area contributed by atoms with E-state index in [-0.39, 0.29) is 67.4 Å². The third-order valence-electron chi connectivity index (χ3n) is 7.14. The lowest BCUT2D eigenvalue weighted by Gasteiger charge is -2.26. The Morgan fingerprint density at radius 2 is 1.63 bits per heavy atom. The molecule has 3 aromatic rings. The average Bonchev–Trinajstić information content (AvgIpc) is 2.99. The molecular weight excluding hydrogens is 672 g/mol. The van der Waals surface area contributed by atoms with Gasteiger partial charge in [-0.1, -0.05) is 12.1 Å². The summed E-state index contributed by atoms with van der Waals surface area (Å²) in [5.41, 5.74) is 8.74.